The Morgan fingerprint density at radius 2 is 2.27 bits per heavy atom. The third-order valence-corrected chi connectivity index (χ3v) is 5.13. The summed E-state index contributed by atoms with van der Waals surface area (Å²) >= 11 is 0. The Hall–Kier alpha value is -2.22. The maximum Gasteiger partial charge on any atom is 0.351 e. The predicted octanol–water partition coefficient (Wildman–Crippen LogP) is 0.751. The molecule has 0 aliphatic carbocycles. The van der Waals surface area contributed by atoms with Gasteiger partial charge in [-0.3, -0.25) is 4.57 Å². The van der Waals surface area contributed by atoms with Crippen LogP contribution in [0.3, 0.4) is 0 Å². The van der Waals surface area contributed by atoms with Gasteiger partial charge in [0.25, 0.3) is 0 Å². The topological polar surface area (TPSA) is 101 Å². The molecule has 2 aromatic heterocycles. The van der Waals surface area contributed by atoms with Crippen molar-refractivity contribution in [3.8, 4) is 0 Å². The standard InChI is InChI=1S/C14H18N6O2/c1-4-14-8(3)10(20-9(14)5-16-18-20)12(22-14)19-6-7(2)11(15)17-13(19)21/h5-6,8,10,12H,4H2,1-3H3,(H2,15,17,21)/t8?,10-,12+,14-/m0/s1. The van der Waals surface area contributed by atoms with Crippen LogP contribution in [0.2, 0.25) is 0 Å². The van der Waals surface area contributed by atoms with Gasteiger partial charge in [-0.05, 0) is 13.3 Å². The molecular weight excluding hydrogens is 284 g/mol. The lowest BCUT2D eigenvalue weighted by Crippen LogP contribution is -2.36. The molecule has 0 radical (unpaired) electrons. The number of aryl methyl sites for hydroxylation is 1. The number of anilines is 1. The number of aromatic nitrogens is 5. The SMILES string of the molecule is CC[C@]12O[C@@H](n3cc(C)c(N)nc3=O)[C@H](C1C)n1nncc12. The second-order valence-electron chi connectivity index (χ2n) is 6.09. The van der Waals surface area contributed by atoms with Gasteiger partial charge in [0.1, 0.15) is 17.5 Å². The minimum atomic E-state index is -0.451. The molecule has 2 bridgehead atoms. The van der Waals surface area contributed by atoms with Gasteiger partial charge >= 0.3 is 5.69 Å². The largest absolute Gasteiger partial charge is 0.383 e. The lowest BCUT2D eigenvalue weighted by Gasteiger charge is -2.31. The van der Waals surface area contributed by atoms with E-state index in [9.17, 15) is 4.79 Å². The molecule has 0 aromatic carbocycles. The van der Waals surface area contributed by atoms with E-state index in [2.05, 4.69) is 29.1 Å². The zero-order valence-electron chi connectivity index (χ0n) is 12.7. The van der Waals surface area contributed by atoms with Crippen LogP contribution in [0.5, 0.6) is 0 Å². The normalized spacial score (nSPS) is 32.4. The van der Waals surface area contributed by atoms with Crippen LogP contribution in [-0.4, -0.2) is 24.5 Å². The molecule has 4 atom stereocenters. The third-order valence-electron chi connectivity index (χ3n) is 5.13. The molecule has 1 saturated heterocycles. The van der Waals surface area contributed by atoms with Crippen LogP contribution in [-0.2, 0) is 10.3 Å². The number of hydrogen-bond acceptors (Lipinski definition) is 6. The Morgan fingerprint density at radius 1 is 1.50 bits per heavy atom. The van der Waals surface area contributed by atoms with Gasteiger partial charge in [0.05, 0.1) is 11.9 Å². The first-order valence-electron chi connectivity index (χ1n) is 7.43. The fourth-order valence-corrected chi connectivity index (χ4v) is 3.88. The van der Waals surface area contributed by atoms with Gasteiger partial charge in [-0.2, -0.15) is 4.98 Å². The fourth-order valence-electron chi connectivity index (χ4n) is 3.88. The van der Waals surface area contributed by atoms with E-state index in [4.69, 9.17) is 10.5 Å². The molecule has 8 nitrogen and oxygen atoms in total. The summed E-state index contributed by atoms with van der Waals surface area (Å²) in [7, 11) is 0. The molecule has 116 valence electrons. The van der Waals surface area contributed by atoms with Crippen molar-refractivity contribution in [2.24, 2.45) is 5.92 Å². The summed E-state index contributed by atoms with van der Waals surface area (Å²) in [5.74, 6) is 0.460. The quantitative estimate of drug-likeness (QED) is 0.878. The molecule has 2 N–H and O–H groups in total. The molecule has 4 heterocycles. The van der Waals surface area contributed by atoms with Gasteiger partial charge in [-0.15, -0.1) is 5.10 Å². The van der Waals surface area contributed by atoms with E-state index in [1.54, 1.807) is 12.4 Å². The molecule has 0 amide bonds. The number of nitrogen functional groups attached to an aromatic ring is 1. The highest BCUT2D eigenvalue weighted by Crippen LogP contribution is 2.60. The first-order chi connectivity index (χ1) is 10.5. The van der Waals surface area contributed by atoms with E-state index in [0.717, 1.165) is 17.7 Å². The summed E-state index contributed by atoms with van der Waals surface area (Å²) in [6.45, 7) is 6.03. The van der Waals surface area contributed by atoms with E-state index in [1.807, 2.05) is 11.6 Å². The van der Waals surface area contributed by atoms with Gasteiger partial charge in [0.2, 0.25) is 0 Å². The van der Waals surface area contributed by atoms with Gasteiger partial charge < -0.3 is 10.5 Å². The van der Waals surface area contributed by atoms with E-state index >= 15 is 0 Å². The van der Waals surface area contributed by atoms with Crippen LogP contribution in [0.15, 0.2) is 17.2 Å². The van der Waals surface area contributed by atoms with Gasteiger partial charge in [0, 0.05) is 17.7 Å². The van der Waals surface area contributed by atoms with Gasteiger partial charge in [-0.25, -0.2) is 9.48 Å². The summed E-state index contributed by atoms with van der Waals surface area (Å²) in [6.07, 6.45) is 3.82. The first kappa shape index (κ1) is 13.4. The Bertz CT molecular complexity index is 812. The van der Waals surface area contributed by atoms with Crippen LogP contribution in [0, 0.1) is 12.8 Å². The molecule has 2 aliphatic rings. The molecule has 2 aliphatic heterocycles. The molecule has 1 unspecified atom stereocenters. The van der Waals surface area contributed by atoms with Crippen LogP contribution < -0.4 is 11.4 Å². The number of nitrogens with zero attached hydrogens (tertiary/aromatic N) is 5. The fraction of sp³-hybridized carbons (Fsp3) is 0.571. The Kier molecular flexibility index (Phi) is 2.54. The van der Waals surface area contributed by atoms with Crippen molar-refractivity contribution in [1.82, 2.24) is 24.5 Å². The van der Waals surface area contributed by atoms with Gasteiger partial charge in [0.15, 0.2) is 6.23 Å². The highest BCUT2D eigenvalue weighted by atomic mass is 16.5. The number of rotatable bonds is 2. The minimum absolute atomic E-state index is 0.0695. The molecular formula is C14H18N6O2. The number of fused-ring (bicyclic) bond motifs is 5. The molecule has 8 heteroatoms. The summed E-state index contributed by atoms with van der Waals surface area (Å²) in [5, 5.41) is 8.20. The monoisotopic (exact) mass is 302 g/mol. The molecule has 0 spiro atoms. The van der Waals surface area contributed by atoms with Crippen molar-refractivity contribution in [3.63, 3.8) is 0 Å². The average Bonchev–Trinajstić information content (AvgIpc) is 3.12. The summed E-state index contributed by atoms with van der Waals surface area (Å²) < 4.78 is 9.75. The lowest BCUT2D eigenvalue weighted by atomic mass is 9.85. The average molecular weight is 302 g/mol. The highest BCUT2D eigenvalue weighted by molar-refractivity contribution is 5.35. The van der Waals surface area contributed by atoms with Crippen LogP contribution in [0.4, 0.5) is 5.82 Å². The number of ether oxygens (including phenoxy) is 1. The Labute approximate surface area is 126 Å². The molecule has 22 heavy (non-hydrogen) atoms. The summed E-state index contributed by atoms with van der Waals surface area (Å²) in [4.78, 5) is 16.1. The maximum atomic E-state index is 12.3. The second kappa shape index (κ2) is 4.16. The number of hydrogen-bond donors (Lipinski definition) is 1. The predicted molar refractivity (Wildman–Crippen MR) is 78.0 cm³/mol. The van der Waals surface area contributed by atoms with E-state index in [-0.39, 0.29) is 17.8 Å². The zero-order chi connectivity index (χ0) is 15.6. The maximum absolute atomic E-state index is 12.3. The van der Waals surface area contributed by atoms with E-state index in [1.165, 1.54) is 4.57 Å². The van der Waals surface area contributed by atoms with Crippen molar-refractivity contribution in [2.45, 2.75) is 45.1 Å². The van der Waals surface area contributed by atoms with Crippen LogP contribution in [0.25, 0.3) is 0 Å². The smallest absolute Gasteiger partial charge is 0.351 e. The second-order valence-corrected chi connectivity index (χ2v) is 6.09. The Morgan fingerprint density at radius 3 is 3.00 bits per heavy atom. The molecule has 2 aromatic rings. The molecule has 1 fully saturated rings. The summed E-state index contributed by atoms with van der Waals surface area (Å²) in [5.41, 5.74) is 6.59. The van der Waals surface area contributed by atoms with E-state index in [0.29, 0.717) is 0 Å². The van der Waals surface area contributed by atoms with Crippen molar-refractivity contribution < 1.29 is 4.74 Å². The lowest BCUT2D eigenvalue weighted by molar-refractivity contribution is -0.112. The van der Waals surface area contributed by atoms with Crippen LogP contribution >= 0.6 is 0 Å². The van der Waals surface area contributed by atoms with Crippen molar-refractivity contribution in [1.29, 1.82) is 0 Å². The number of nitrogens with two attached hydrogens (primary N) is 1. The minimum Gasteiger partial charge on any atom is -0.383 e. The first-order valence-corrected chi connectivity index (χ1v) is 7.43. The van der Waals surface area contributed by atoms with Gasteiger partial charge in [-0.1, -0.05) is 19.1 Å². The third kappa shape index (κ3) is 1.40. The van der Waals surface area contributed by atoms with Crippen molar-refractivity contribution in [3.05, 3.63) is 34.1 Å². The van der Waals surface area contributed by atoms with Crippen molar-refractivity contribution in [2.75, 3.05) is 5.73 Å². The van der Waals surface area contributed by atoms with E-state index < -0.39 is 17.5 Å². The molecule has 4 rings (SSSR count). The van der Waals surface area contributed by atoms with Crippen molar-refractivity contribution >= 4 is 5.82 Å². The highest BCUT2D eigenvalue weighted by Gasteiger charge is 2.62. The summed E-state index contributed by atoms with van der Waals surface area (Å²) in [6, 6.07) is -0.0695. The molecule has 0 saturated carbocycles. The Balaban J connectivity index is 1.88. The zero-order valence-corrected chi connectivity index (χ0v) is 12.7. The van der Waals surface area contributed by atoms with Crippen LogP contribution in [0.1, 0.15) is 43.8 Å².